The summed E-state index contributed by atoms with van der Waals surface area (Å²) in [6.07, 6.45) is 3.59. The highest BCUT2D eigenvalue weighted by molar-refractivity contribution is 5.26. The van der Waals surface area contributed by atoms with Crippen molar-refractivity contribution in [1.29, 1.82) is 0 Å². The summed E-state index contributed by atoms with van der Waals surface area (Å²) >= 11 is 0. The molecule has 108 valence electrons. The summed E-state index contributed by atoms with van der Waals surface area (Å²) < 4.78 is 7.23. The van der Waals surface area contributed by atoms with Gasteiger partial charge in [-0.05, 0) is 24.6 Å². The number of aromatic nitrogens is 4. The van der Waals surface area contributed by atoms with Crippen LogP contribution >= 0.6 is 0 Å². The zero-order chi connectivity index (χ0) is 14.4. The van der Waals surface area contributed by atoms with Crippen LogP contribution in [0.3, 0.4) is 0 Å². The van der Waals surface area contributed by atoms with Crippen LogP contribution in [0.15, 0.2) is 18.5 Å². The van der Waals surface area contributed by atoms with E-state index in [9.17, 15) is 0 Å². The molecule has 0 aliphatic heterocycles. The average Bonchev–Trinajstić information content (AvgIpc) is 2.82. The smallest absolute Gasteiger partial charge is 0.342 e. The maximum Gasteiger partial charge on any atom is 0.342 e. The number of pyridine rings is 1. The highest BCUT2D eigenvalue weighted by Crippen LogP contribution is 2.18. The van der Waals surface area contributed by atoms with Crippen molar-refractivity contribution in [3.05, 3.63) is 29.7 Å². The average molecular weight is 275 g/mol. The van der Waals surface area contributed by atoms with Gasteiger partial charge in [-0.3, -0.25) is 4.68 Å². The van der Waals surface area contributed by atoms with Crippen LogP contribution in [0, 0.1) is 0 Å². The van der Waals surface area contributed by atoms with E-state index in [1.165, 1.54) is 0 Å². The van der Waals surface area contributed by atoms with Gasteiger partial charge < -0.3 is 10.1 Å². The maximum atomic E-state index is 5.62. The third kappa shape index (κ3) is 4.03. The molecular formula is C14H21N5O. The maximum absolute atomic E-state index is 5.62. The highest BCUT2D eigenvalue weighted by Gasteiger charge is 2.07. The van der Waals surface area contributed by atoms with Crippen molar-refractivity contribution in [2.24, 2.45) is 7.05 Å². The normalized spacial score (nSPS) is 10.8. The number of ether oxygens (including phenoxy) is 1. The summed E-state index contributed by atoms with van der Waals surface area (Å²) in [5.74, 6) is 0.551. The standard InChI is InChI=1S/C14H21N5O/c1-4-6-12-7-11(9-15-5-2)8-13(17-12)20-14-16-10-19(3)18-14/h7-8,10,15H,4-6,9H2,1-3H3. The second-order valence-corrected chi connectivity index (χ2v) is 4.64. The van der Waals surface area contributed by atoms with Gasteiger partial charge in [0.25, 0.3) is 0 Å². The lowest BCUT2D eigenvalue weighted by Crippen LogP contribution is -2.12. The molecule has 2 aromatic rings. The molecule has 0 bridgehead atoms. The van der Waals surface area contributed by atoms with Crippen molar-refractivity contribution >= 4 is 0 Å². The molecule has 0 radical (unpaired) electrons. The lowest BCUT2D eigenvalue weighted by atomic mass is 10.1. The first-order valence-electron chi connectivity index (χ1n) is 6.95. The fourth-order valence-electron chi connectivity index (χ4n) is 1.89. The van der Waals surface area contributed by atoms with E-state index in [4.69, 9.17) is 4.74 Å². The van der Waals surface area contributed by atoms with Gasteiger partial charge in [0.1, 0.15) is 6.33 Å². The van der Waals surface area contributed by atoms with E-state index in [1.54, 1.807) is 18.1 Å². The van der Waals surface area contributed by atoms with E-state index >= 15 is 0 Å². The lowest BCUT2D eigenvalue weighted by molar-refractivity contribution is 0.420. The van der Waals surface area contributed by atoms with Gasteiger partial charge in [-0.1, -0.05) is 20.3 Å². The van der Waals surface area contributed by atoms with Crippen LogP contribution in [-0.4, -0.2) is 26.3 Å². The van der Waals surface area contributed by atoms with Gasteiger partial charge in [0.15, 0.2) is 0 Å². The number of aryl methyl sites for hydroxylation is 2. The predicted molar refractivity (Wildman–Crippen MR) is 76.7 cm³/mol. The zero-order valence-electron chi connectivity index (χ0n) is 12.3. The molecule has 0 fully saturated rings. The molecule has 20 heavy (non-hydrogen) atoms. The van der Waals surface area contributed by atoms with E-state index in [1.807, 2.05) is 6.07 Å². The quantitative estimate of drug-likeness (QED) is 0.838. The molecule has 0 aliphatic rings. The second-order valence-electron chi connectivity index (χ2n) is 4.64. The van der Waals surface area contributed by atoms with E-state index in [0.29, 0.717) is 11.9 Å². The molecule has 1 N–H and O–H groups in total. The monoisotopic (exact) mass is 275 g/mol. The summed E-state index contributed by atoms with van der Waals surface area (Å²) in [6, 6.07) is 4.37. The summed E-state index contributed by atoms with van der Waals surface area (Å²) in [6.45, 7) is 5.97. The molecule has 0 saturated carbocycles. The van der Waals surface area contributed by atoms with E-state index in [-0.39, 0.29) is 0 Å². The summed E-state index contributed by atoms with van der Waals surface area (Å²) in [7, 11) is 1.80. The largest absolute Gasteiger partial charge is 0.404 e. The highest BCUT2D eigenvalue weighted by atomic mass is 16.5. The second kappa shape index (κ2) is 7.00. The Labute approximate surface area is 119 Å². The fourth-order valence-corrected chi connectivity index (χ4v) is 1.89. The Morgan fingerprint density at radius 2 is 2.15 bits per heavy atom. The molecule has 0 aromatic carbocycles. The van der Waals surface area contributed by atoms with Gasteiger partial charge >= 0.3 is 6.01 Å². The molecule has 2 rings (SSSR count). The minimum atomic E-state index is 0.322. The van der Waals surface area contributed by atoms with Crippen LogP contribution in [0.4, 0.5) is 0 Å². The number of hydrogen-bond donors (Lipinski definition) is 1. The molecule has 0 spiro atoms. The number of nitrogens with one attached hydrogen (secondary N) is 1. The Kier molecular flexibility index (Phi) is 5.06. The Hall–Kier alpha value is -1.95. The van der Waals surface area contributed by atoms with Crippen molar-refractivity contribution in [2.75, 3.05) is 6.54 Å². The molecule has 0 aliphatic carbocycles. The molecule has 2 aromatic heterocycles. The van der Waals surface area contributed by atoms with Crippen LogP contribution in [0.1, 0.15) is 31.5 Å². The first-order chi connectivity index (χ1) is 9.71. The number of nitrogens with zero attached hydrogens (tertiary/aromatic N) is 4. The molecule has 0 unspecified atom stereocenters. The molecule has 0 atom stereocenters. The van der Waals surface area contributed by atoms with Gasteiger partial charge in [0.05, 0.1) is 0 Å². The fraction of sp³-hybridized carbons (Fsp3) is 0.500. The van der Waals surface area contributed by atoms with Gasteiger partial charge in [-0.15, -0.1) is 5.10 Å². The first-order valence-corrected chi connectivity index (χ1v) is 6.95. The minimum absolute atomic E-state index is 0.322. The summed E-state index contributed by atoms with van der Waals surface area (Å²) in [5, 5.41) is 7.41. The van der Waals surface area contributed by atoms with Crippen LogP contribution < -0.4 is 10.1 Å². The van der Waals surface area contributed by atoms with Crippen molar-refractivity contribution in [2.45, 2.75) is 33.2 Å². The lowest BCUT2D eigenvalue weighted by Gasteiger charge is -2.08. The molecule has 0 amide bonds. The van der Waals surface area contributed by atoms with Crippen molar-refractivity contribution < 1.29 is 4.74 Å². The van der Waals surface area contributed by atoms with Crippen LogP contribution in [0.2, 0.25) is 0 Å². The van der Waals surface area contributed by atoms with Gasteiger partial charge in [-0.25, -0.2) is 4.98 Å². The van der Waals surface area contributed by atoms with E-state index in [2.05, 4.69) is 40.3 Å². The van der Waals surface area contributed by atoms with E-state index < -0.39 is 0 Å². The Bertz CT molecular complexity index is 552. The van der Waals surface area contributed by atoms with Crippen LogP contribution in [0.25, 0.3) is 0 Å². The Morgan fingerprint density at radius 3 is 2.80 bits per heavy atom. The predicted octanol–water partition coefficient (Wildman–Crippen LogP) is 2.06. The summed E-state index contributed by atoms with van der Waals surface area (Å²) in [4.78, 5) is 8.55. The van der Waals surface area contributed by atoms with Crippen molar-refractivity contribution in [3.63, 3.8) is 0 Å². The van der Waals surface area contributed by atoms with Gasteiger partial charge in [-0.2, -0.15) is 4.98 Å². The van der Waals surface area contributed by atoms with Crippen molar-refractivity contribution in [1.82, 2.24) is 25.1 Å². The molecule has 2 heterocycles. The minimum Gasteiger partial charge on any atom is -0.404 e. The van der Waals surface area contributed by atoms with Gasteiger partial charge in [0, 0.05) is 25.4 Å². The summed E-state index contributed by atoms with van der Waals surface area (Å²) in [5.41, 5.74) is 2.20. The molecule has 6 heteroatoms. The van der Waals surface area contributed by atoms with Crippen molar-refractivity contribution in [3.8, 4) is 11.9 Å². The third-order valence-electron chi connectivity index (χ3n) is 2.77. The Morgan fingerprint density at radius 1 is 1.30 bits per heavy atom. The SMILES string of the molecule is CCCc1cc(CNCC)cc(Oc2ncn(C)n2)n1. The first kappa shape index (κ1) is 14.5. The number of rotatable bonds is 7. The van der Waals surface area contributed by atoms with E-state index in [0.717, 1.165) is 37.2 Å². The third-order valence-corrected chi connectivity index (χ3v) is 2.77. The van der Waals surface area contributed by atoms with Crippen LogP contribution in [-0.2, 0) is 20.0 Å². The van der Waals surface area contributed by atoms with Crippen LogP contribution in [0.5, 0.6) is 11.9 Å². The topological polar surface area (TPSA) is 64.9 Å². The molecule has 6 nitrogen and oxygen atoms in total. The molecule has 0 saturated heterocycles. The Balaban J connectivity index is 2.18. The molecular weight excluding hydrogens is 254 g/mol. The number of hydrogen-bond acceptors (Lipinski definition) is 5. The van der Waals surface area contributed by atoms with Gasteiger partial charge in [0.2, 0.25) is 5.88 Å². The zero-order valence-corrected chi connectivity index (χ0v) is 12.3.